The maximum Gasteiger partial charge on any atom is 0.315 e. The fourth-order valence-electron chi connectivity index (χ4n) is 3.54. The van der Waals surface area contributed by atoms with E-state index in [0.717, 1.165) is 18.4 Å². The molecule has 1 aliphatic rings. The Labute approximate surface area is 160 Å². The molecule has 0 bridgehead atoms. The molecule has 2 amide bonds. The molecule has 144 valence electrons. The molecule has 27 heavy (non-hydrogen) atoms. The number of hydrogen-bond acceptors (Lipinski definition) is 3. The Hall–Kier alpha value is -2.38. The van der Waals surface area contributed by atoms with Gasteiger partial charge in [-0.05, 0) is 62.6 Å². The number of sulfonamides is 1. The third kappa shape index (κ3) is 4.31. The Kier molecular flexibility index (Phi) is 5.26. The lowest BCUT2D eigenvalue weighted by molar-refractivity contribution is 0.225. The Balaban J connectivity index is 1.61. The van der Waals surface area contributed by atoms with Gasteiger partial charge < -0.3 is 10.6 Å². The molecule has 0 saturated carbocycles. The summed E-state index contributed by atoms with van der Waals surface area (Å²) in [6.45, 7) is 3.92. The number of nitrogens with one attached hydrogen (secondary N) is 3. The van der Waals surface area contributed by atoms with Gasteiger partial charge in [0.2, 0.25) is 10.0 Å². The zero-order valence-electron chi connectivity index (χ0n) is 15.7. The van der Waals surface area contributed by atoms with Gasteiger partial charge in [0, 0.05) is 5.54 Å². The summed E-state index contributed by atoms with van der Waals surface area (Å²) in [5.74, 6) is 0. The predicted octanol–water partition coefficient (Wildman–Crippen LogP) is 2.51. The van der Waals surface area contributed by atoms with Crippen LogP contribution in [0.2, 0.25) is 0 Å². The highest BCUT2D eigenvalue weighted by molar-refractivity contribution is 7.89. The van der Waals surface area contributed by atoms with E-state index in [1.807, 2.05) is 19.1 Å². The molecule has 2 aromatic rings. The Morgan fingerprint density at radius 2 is 1.59 bits per heavy atom. The molecule has 3 N–H and O–H groups in total. The minimum absolute atomic E-state index is 0.196. The van der Waals surface area contributed by atoms with Crippen molar-refractivity contribution in [1.29, 1.82) is 0 Å². The van der Waals surface area contributed by atoms with Crippen LogP contribution < -0.4 is 15.4 Å². The van der Waals surface area contributed by atoms with Gasteiger partial charge in [-0.15, -0.1) is 0 Å². The lowest BCUT2D eigenvalue weighted by atomic mass is 9.99. The Morgan fingerprint density at radius 1 is 1.04 bits per heavy atom. The van der Waals surface area contributed by atoms with Crippen molar-refractivity contribution in [2.75, 3.05) is 7.05 Å². The van der Waals surface area contributed by atoms with Gasteiger partial charge in [-0.25, -0.2) is 17.9 Å². The standard InChI is InChI=1S/C20H25N3O3S/c1-14(15-8-10-18(11-9-15)27(25,26)21-3)22-19(24)23-20(2)12-16-6-4-5-7-17(16)13-20/h4-11,14,21H,12-13H2,1-3H3,(H2,22,23,24). The van der Waals surface area contributed by atoms with Crippen LogP contribution in [0.4, 0.5) is 4.79 Å². The minimum Gasteiger partial charge on any atom is -0.332 e. The predicted molar refractivity (Wildman–Crippen MR) is 105 cm³/mol. The molecule has 2 aromatic carbocycles. The second-order valence-electron chi connectivity index (χ2n) is 7.28. The highest BCUT2D eigenvalue weighted by atomic mass is 32.2. The van der Waals surface area contributed by atoms with Gasteiger partial charge in [-0.3, -0.25) is 0 Å². The van der Waals surface area contributed by atoms with E-state index in [2.05, 4.69) is 34.4 Å². The summed E-state index contributed by atoms with van der Waals surface area (Å²) >= 11 is 0. The van der Waals surface area contributed by atoms with Crippen LogP contribution in [0.1, 0.15) is 36.6 Å². The van der Waals surface area contributed by atoms with Crippen molar-refractivity contribution < 1.29 is 13.2 Å². The van der Waals surface area contributed by atoms with Crippen molar-refractivity contribution in [3.05, 3.63) is 65.2 Å². The molecule has 0 aliphatic heterocycles. The first-order valence-electron chi connectivity index (χ1n) is 8.91. The Morgan fingerprint density at radius 3 is 2.11 bits per heavy atom. The summed E-state index contributed by atoms with van der Waals surface area (Å²) in [5.41, 5.74) is 3.07. The third-order valence-corrected chi connectivity index (χ3v) is 6.43. The highest BCUT2D eigenvalue weighted by Crippen LogP contribution is 2.29. The lowest BCUT2D eigenvalue weighted by Crippen LogP contribution is -2.51. The first kappa shape index (κ1) is 19.4. The SMILES string of the molecule is CNS(=O)(=O)c1ccc(C(C)NC(=O)NC2(C)Cc3ccccc3C2)cc1. The summed E-state index contributed by atoms with van der Waals surface area (Å²) in [6, 6.07) is 14.2. The zero-order chi connectivity index (χ0) is 19.7. The van der Waals surface area contributed by atoms with Gasteiger partial charge >= 0.3 is 6.03 Å². The van der Waals surface area contributed by atoms with Crippen LogP contribution in [-0.2, 0) is 22.9 Å². The third-order valence-electron chi connectivity index (χ3n) is 5.00. The number of rotatable bonds is 5. The molecular formula is C20H25N3O3S. The fourth-order valence-corrected chi connectivity index (χ4v) is 4.27. The van der Waals surface area contributed by atoms with Crippen molar-refractivity contribution in [1.82, 2.24) is 15.4 Å². The normalized spacial score (nSPS) is 16.4. The highest BCUT2D eigenvalue weighted by Gasteiger charge is 2.34. The van der Waals surface area contributed by atoms with Crippen LogP contribution >= 0.6 is 0 Å². The van der Waals surface area contributed by atoms with E-state index in [1.54, 1.807) is 12.1 Å². The van der Waals surface area contributed by atoms with E-state index in [9.17, 15) is 13.2 Å². The van der Waals surface area contributed by atoms with E-state index in [4.69, 9.17) is 0 Å². The second kappa shape index (κ2) is 7.32. The number of carbonyl (C=O) groups is 1. The maximum absolute atomic E-state index is 12.5. The van der Waals surface area contributed by atoms with Gasteiger partial charge in [-0.1, -0.05) is 36.4 Å². The summed E-state index contributed by atoms with van der Waals surface area (Å²) in [5, 5.41) is 6.02. The molecule has 0 radical (unpaired) electrons. The zero-order valence-corrected chi connectivity index (χ0v) is 16.6. The molecule has 0 saturated heterocycles. The van der Waals surface area contributed by atoms with E-state index >= 15 is 0 Å². The number of benzene rings is 2. The number of carbonyl (C=O) groups excluding carboxylic acids is 1. The second-order valence-corrected chi connectivity index (χ2v) is 9.17. The first-order chi connectivity index (χ1) is 12.7. The molecular weight excluding hydrogens is 362 g/mol. The maximum atomic E-state index is 12.5. The number of hydrogen-bond donors (Lipinski definition) is 3. The topological polar surface area (TPSA) is 87.3 Å². The van der Waals surface area contributed by atoms with Gasteiger partial charge in [0.15, 0.2) is 0 Å². The van der Waals surface area contributed by atoms with E-state index in [1.165, 1.54) is 30.3 Å². The first-order valence-corrected chi connectivity index (χ1v) is 10.4. The number of fused-ring (bicyclic) bond motifs is 1. The fraction of sp³-hybridized carbons (Fsp3) is 0.350. The quantitative estimate of drug-likeness (QED) is 0.737. The van der Waals surface area contributed by atoms with Gasteiger partial charge in [0.1, 0.15) is 0 Å². The van der Waals surface area contributed by atoms with E-state index in [0.29, 0.717) is 0 Å². The van der Waals surface area contributed by atoms with Crippen LogP contribution in [0.3, 0.4) is 0 Å². The summed E-state index contributed by atoms with van der Waals surface area (Å²) in [4.78, 5) is 12.7. The molecule has 6 nitrogen and oxygen atoms in total. The lowest BCUT2D eigenvalue weighted by Gasteiger charge is -2.27. The van der Waals surface area contributed by atoms with Gasteiger partial charge in [-0.2, -0.15) is 0 Å². The smallest absolute Gasteiger partial charge is 0.315 e. The van der Waals surface area contributed by atoms with E-state index in [-0.39, 0.29) is 22.5 Å². The summed E-state index contributed by atoms with van der Waals surface area (Å²) in [6.07, 6.45) is 1.61. The van der Waals surface area contributed by atoms with Crippen LogP contribution in [0.5, 0.6) is 0 Å². The molecule has 3 rings (SSSR count). The van der Waals surface area contributed by atoms with Crippen molar-refractivity contribution in [3.63, 3.8) is 0 Å². The largest absolute Gasteiger partial charge is 0.332 e. The van der Waals surface area contributed by atoms with Gasteiger partial charge in [0.25, 0.3) is 0 Å². The molecule has 1 atom stereocenters. The molecule has 0 fully saturated rings. The van der Waals surface area contributed by atoms with Crippen molar-refractivity contribution in [2.24, 2.45) is 0 Å². The van der Waals surface area contributed by atoms with Crippen LogP contribution in [0, 0.1) is 0 Å². The molecule has 7 heteroatoms. The van der Waals surface area contributed by atoms with Crippen LogP contribution in [0.15, 0.2) is 53.4 Å². The molecule has 1 unspecified atom stereocenters. The van der Waals surface area contributed by atoms with Gasteiger partial charge in [0.05, 0.1) is 10.9 Å². The average molecular weight is 388 g/mol. The van der Waals surface area contributed by atoms with E-state index < -0.39 is 10.0 Å². The van der Waals surface area contributed by atoms with Crippen LogP contribution in [0.25, 0.3) is 0 Å². The molecule has 0 spiro atoms. The van der Waals surface area contributed by atoms with Crippen molar-refractivity contribution in [2.45, 2.75) is 43.2 Å². The van der Waals surface area contributed by atoms with Crippen molar-refractivity contribution in [3.8, 4) is 0 Å². The monoisotopic (exact) mass is 387 g/mol. The number of amides is 2. The average Bonchev–Trinajstić information content (AvgIpc) is 2.97. The number of urea groups is 1. The Bertz CT molecular complexity index is 914. The summed E-state index contributed by atoms with van der Waals surface area (Å²) in [7, 11) is -2.09. The summed E-state index contributed by atoms with van der Waals surface area (Å²) < 4.78 is 25.9. The van der Waals surface area contributed by atoms with Crippen LogP contribution in [-0.4, -0.2) is 27.0 Å². The molecule has 0 aromatic heterocycles. The molecule has 1 aliphatic carbocycles. The minimum atomic E-state index is -3.46. The van der Waals surface area contributed by atoms with Crippen molar-refractivity contribution >= 4 is 16.1 Å². The molecule has 0 heterocycles.